The van der Waals surface area contributed by atoms with Crippen LogP contribution in [-0.4, -0.2) is 27.6 Å². The van der Waals surface area contributed by atoms with E-state index in [0.29, 0.717) is 29.3 Å². The molecule has 148 valence electrons. The van der Waals surface area contributed by atoms with Gasteiger partial charge in [-0.15, -0.1) is 0 Å². The Hall–Kier alpha value is -4.01. The average molecular weight is 395 g/mol. The molecule has 9 nitrogen and oxygen atoms in total. The van der Waals surface area contributed by atoms with Gasteiger partial charge in [-0.3, -0.25) is 10.1 Å². The van der Waals surface area contributed by atoms with Crippen LogP contribution in [0.5, 0.6) is 5.75 Å². The monoisotopic (exact) mass is 395 g/mol. The molecule has 29 heavy (non-hydrogen) atoms. The Morgan fingerprint density at radius 3 is 2.76 bits per heavy atom. The molecule has 0 saturated heterocycles. The number of hydrogen-bond acceptors (Lipinski definition) is 8. The minimum atomic E-state index is -0.697. The lowest BCUT2D eigenvalue weighted by Crippen LogP contribution is -2.01. The maximum Gasteiger partial charge on any atom is 0.331 e. The molecule has 3 rings (SSSR count). The van der Waals surface area contributed by atoms with Gasteiger partial charge in [0.2, 0.25) is 5.82 Å². The molecule has 0 N–H and O–H groups in total. The lowest BCUT2D eigenvalue weighted by atomic mass is 10.1. The van der Waals surface area contributed by atoms with E-state index in [1.54, 1.807) is 24.3 Å². The zero-order valence-electron chi connectivity index (χ0n) is 15.5. The quantitative estimate of drug-likeness (QED) is 0.245. The lowest BCUT2D eigenvalue weighted by Gasteiger charge is -2.05. The first kappa shape index (κ1) is 19.7. The van der Waals surface area contributed by atoms with Crippen LogP contribution in [0.3, 0.4) is 0 Å². The number of nitro benzene ring substituents is 1. The number of para-hydroxylation sites is 2. The molecule has 0 aliphatic rings. The molecule has 0 unspecified atom stereocenters. The number of hydrogen-bond donors (Lipinski definition) is 0. The van der Waals surface area contributed by atoms with Gasteiger partial charge >= 0.3 is 5.97 Å². The molecular weight excluding hydrogens is 378 g/mol. The van der Waals surface area contributed by atoms with Crippen LogP contribution in [0.1, 0.15) is 18.4 Å². The van der Waals surface area contributed by atoms with E-state index >= 15 is 0 Å². The fourth-order valence-electron chi connectivity index (χ4n) is 2.49. The predicted octanol–water partition coefficient (Wildman–Crippen LogP) is 3.80. The first-order chi connectivity index (χ1) is 14.1. The number of esters is 1. The molecule has 0 atom stereocenters. The lowest BCUT2D eigenvalue weighted by molar-refractivity contribution is -0.385. The smallest absolute Gasteiger partial charge is 0.331 e. The molecule has 0 spiro atoms. The predicted molar refractivity (Wildman–Crippen MR) is 103 cm³/mol. The summed E-state index contributed by atoms with van der Waals surface area (Å²) in [6.45, 7) is 2.13. The largest absolute Gasteiger partial charge is 0.493 e. The molecule has 0 aliphatic heterocycles. The highest BCUT2D eigenvalue weighted by molar-refractivity contribution is 5.87. The number of aromatic nitrogens is 2. The highest BCUT2D eigenvalue weighted by Crippen LogP contribution is 2.27. The number of ether oxygens (including phenoxy) is 2. The third-order valence-electron chi connectivity index (χ3n) is 3.77. The molecule has 0 amide bonds. The SMILES string of the molecule is CCOc1ccccc1-c1noc(COC(=O)/C=C/c2ccccc2[N+](=O)[O-])n1. The zero-order valence-corrected chi connectivity index (χ0v) is 15.5. The van der Waals surface area contributed by atoms with Gasteiger partial charge < -0.3 is 14.0 Å². The Bertz CT molecular complexity index is 1040. The van der Waals surface area contributed by atoms with Crippen molar-refractivity contribution in [2.75, 3.05) is 6.61 Å². The summed E-state index contributed by atoms with van der Waals surface area (Å²) >= 11 is 0. The summed E-state index contributed by atoms with van der Waals surface area (Å²) < 4.78 is 15.7. The fourth-order valence-corrected chi connectivity index (χ4v) is 2.49. The topological polar surface area (TPSA) is 118 Å². The van der Waals surface area contributed by atoms with Gasteiger partial charge in [-0.2, -0.15) is 4.98 Å². The normalized spacial score (nSPS) is 10.8. The van der Waals surface area contributed by atoms with Gasteiger partial charge in [0.15, 0.2) is 6.61 Å². The van der Waals surface area contributed by atoms with Gasteiger partial charge in [0.1, 0.15) is 5.75 Å². The van der Waals surface area contributed by atoms with Gasteiger partial charge in [-0.05, 0) is 31.2 Å². The zero-order chi connectivity index (χ0) is 20.6. The van der Waals surface area contributed by atoms with E-state index < -0.39 is 10.9 Å². The van der Waals surface area contributed by atoms with Crippen molar-refractivity contribution >= 4 is 17.7 Å². The van der Waals surface area contributed by atoms with Gasteiger partial charge in [0.25, 0.3) is 11.6 Å². The van der Waals surface area contributed by atoms with Crippen molar-refractivity contribution in [1.29, 1.82) is 0 Å². The molecule has 0 saturated carbocycles. The molecule has 0 fully saturated rings. The first-order valence-electron chi connectivity index (χ1n) is 8.71. The summed E-state index contributed by atoms with van der Waals surface area (Å²) in [5.74, 6) is 0.346. The van der Waals surface area contributed by atoms with Crippen LogP contribution in [0, 0.1) is 10.1 Å². The highest BCUT2D eigenvalue weighted by Gasteiger charge is 2.14. The van der Waals surface area contributed by atoms with Gasteiger partial charge in [0, 0.05) is 12.1 Å². The number of rotatable bonds is 8. The summed E-state index contributed by atoms with van der Waals surface area (Å²) in [6, 6.07) is 13.3. The van der Waals surface area contributed by atoms with E-state index in [0.717, 1.165) is 6.08 Å². The van der Waals surface area contributed by atoms with Gasteiger partial charge in [0.05, 0.1) is 22.7 Å². The molecule has 0 aliphatic carbocycles. The van der Waals surface area contributed by atoms with Crippen molar-refractivity contribution in [3.05, 3.63) is 76.2 Å². The standard InChI is InChI=1S/C20H17N3O6/c1-2-27-17-10-6-4-8-15(17)20-21-18(29-22-20)13-28-19(24)12-11-14-7-3-5-9-16(14)23(25)26/h3-12H,2,13H2,1H3/b12-11+. The van der Waals surface area contributed by atoms with Gasteiger partial charge in [-0.25, -0.2) is 4.79 Å². The van der Waals surface area contributed by atoms with Crippen molar-refractivity contribution in [2.24, 2.45) is 0 Å². The second kappa shape index (κ2) is 9.27. The average Bonchev–Trinajstić information content (AvgIpc) is 3.20. The summed E-state index contributed by atoms with van der Waals surface area (Å²) in [4.78, 5) is 26.6. The summed E-state index contributed by atoms with van der Waals surface area (Å²) in [7, 11) is 0. The Morgan fingerprint density at radius 1 is 1.21 bits per heavy atom. The van der Waals surface area contributed by atoms with E-state index in [2.05, 4.69) is 10.1 Å². The minimum Gasteiger partial charge on any atom is -0.493 e. The van der Waals surface area contributed by atoms with Crippen molar-refractivity contribution in [2.45, 2.75) is 13.5 Å². The van der Waals surface area contributed by atoms with Gasteiger partial charge in [-0.1, -0.05) is 29.4 Å². The fraction of sp³-hybridized carbons (Fsp3) is 0.150. The van der Waals surface area contributed by atoms with Crippen LogP contribution in [0.15, 0.2) is 59.1 Å². The van der Waals surface area contributed by atoms with Crippen molar-refractivity contribution < 1.29 is 23.7 Å². The molecule has 1 heterocycles. The molecule has 0 radical (unpaired) electrons. The molecule has 2 aromatic carbocycles. The van der Waals surface area contributed by atoms with Crippen molar-refractivity contribution in [1.82, 2.24) is 10.1 Å². The third kappa shape index (κ3) is 5.04. The van der Waals surface area contributed by atoms with Crippen LogP contribution < -0.4 is 4.74 Å². The van der Waals surface area contributed by atoms with E-state index in [1.165, 1.54) is 18.2 Å². The first-order valence-corrected chi connectivity index (χ1v) is 8.71. The number of carbonyl (C=O) groups is 1. The molecular formula is C20H17N3O6. The van der Waals surface area contributed by atoms with E-state index in [-0.39, 0.29) is 18.2 Å². The second-order valence-electron chi connectivity index (χ2n) is 5.70. The van der Waals surface area contributed by atoms with Crippen molar-refractivity contribution in [3.63, 3.8) is 0 Å². The number of carbonyl (C=O) groups excluding carboxylic acids is 1. The van der Waals surface area contributed by atoms with E-state index in [9.17, 15) is 14.9 Å². The Kier molecular flexibility index (Phi) is 6.31. The van der Waals surface area contributed by atoms with E-state index in [4.69, 9.17) is 14.0 Å². The minimum absolute atomic E-state index is 0.106. The molecule has 1 aromatic heterocycles. The second-order valence-corrected chi connectivity index (χ2v) is 5.70. The number of nitro groups is 1. The summed E-state index contributed by atoms with van der Waals surface area (Å²) in [6.07, 6.45) is 2.42. The Labute approximate surface area is 165 Å². The Balaban J connectivity index is 1.63. The van der Waals surface area contributed by atoms with Crippen molar-refractivity contribution in [3.8, 4) is 17.1 Å². The number of benzene rings is 2. The van der Waals surface area contributed by atoms with Crippen LogP contribution in [-0.2, 0) is 16.1 Å². The molecule has 9 heteroatoms. The third-order valence-corrected chi connectivity index (χ3v) is 3.77. The maximum atomic E-state index is 11.9. The van der Waals surface area contributed by atoms with Crippen LogP contribution in [0.4, 0.5) is 5.69 Å². The highest BCUT2D eigenvalue weighted by atomic mass is 16.6. The number of nitrogens with zero attached hydrogens (tertiary/aromatic N) is 3. The van der Waals surface area contributed by atoms with Crippen LogP contribution in [0.25, 0.3) is 17.5 Å². The van der Waals surface area contributed by atoms with Crippen LogP contribution >= 0.6 is 0 Å². The summed E-state index contributed by atoms with van der Waals surface area (Å²) in [5.41, 5.74) is 0.847. The molecule has 0 bridgehead atoms. The summed E-state index contributed by atoms with van der Waals surface area (Å²) in [5, 5.41) is 14.9. The molecule has 3 aromatic rings. The van der Waals surface area contributed by atoms with E-state index in [1.807, 2.05) is 19.1 Å². The van der Waals surface area contributed by atoms with Crippen LogP contribution in [0.2, 0.25) is 0 Å². The maximum absolute atomic E-state index is 11.9. The Morgan fingerprint density at radius 2 is 1.97 bits per heavy atom.